The molecule has 1 aliphatic carbocycles. The number of carbonyl (C=O) groups excluding carboxylic acids is 1. The summed E-state index contributed by atoms with van der Waals surface area (Å²) in [5, 5.41) is 49.7. The Bertz CT molecular complexity index is 896. The first-order valence-corrected chi connectivity index (χ1v) is 13.1. The van der Waals surface area contributed by atoms with E-state index in [1.54, 1.807) is 0 Å². The number of aryl methyl sites for hydroxylation is 1. The molecule has 5 atom stereocenters. The Labute approximate surface area is 226 Å². The van der Waals surface area contributed by atoms with Crippen molar-refractivity contribution < 1.29 is 44.7 Å². The van der Waals surface area contributed by atoms with Gasteiger partial charge in [-0.15, -0.1) is 20.2 Å². The first-order chi connectivity index (χ1) is 18.7. The predicted molar refractivity (Wildman–Crippen MR) is 137 cm³/mol. The summed E-state index contributed by atoms with van der Waals surface area (Å²) in [6.07, 6.45) is 5.04. The van der Waals surface area contributed by atoms with E-state index >= 15 is 0 Å². The second kappa shape index (κ2) is 17.3. The number of hydrogen-bond acceptors (Lipinski definition) is 11. The van der Waals surface area contributed by atoms with Crippen LogP contribution in [0.5, 0.6) is 0 Å². The molecule has 0 spiro atoms. The Morgan fingerprint density at radius 2 is 1.64 bits per heavy atom. The summed E-state index contributed by atoms with van der Waals surface area (Å²) in [5.74, 6) is -0.954. The van der Waals surface area contributed by atoms with E-state index in [4.69, 9.17) is 4.74 Å². The third-order valence-electron chi connectivity index (χ3n) is 6.82. The van der Waals surface area contributed by atoms with Crippen molar-refractivity contribution >= 4 is 5.97 Å². The highest BCUT2D eigenvalue weighted by Crippen LogP contribution is 2.38. The quantitative estimate of drug-likeness (QED) is 0.0748. The largest absolute Gasteiger partial charge is 0.458 e. The van der Waals surface area contributed by atoms with Crippen molar-refractivity contribution in [3.8, 4) is 0 Å². The molecule has 1 aromatic rings. The van der Waals surface area contributed by atoms with Gasteiger partial charge in [-0.25, -0.2) is 0 Å². The van der Waals surface area contributed by atoms with E-state index in [-0.39, 0.29) is 18.3 Å². The molecule has 218 valence electrons. The molecule has 0 saturated heterocycles. The van der Waals surface area contributed by atoms with Crippen LogP contribution in [-0.2, 0) is 25.6 Å². The SMILES string of the molecule is O=C(CCC/C=C\C[C@H]1[C@H](CCC(O)CCc2ccccc2)[C@@H](O)C[C@H]1O)OC(CO[N+](=O)[O-])CO[N+](=O)[O-]. The Morgan fingerprint density at radius 1 is 1.00 bits per heavy atom. The van der Waals surface area contributed by atoms with E-state index in [2.05, 4.69) is 9.68 Å². The van der Waals surface area contributed by atoms with Crippen LogP contribution in [0, 0.1) is 32.1 Å². The monoisotopic (exact) mass is 554 g/mol. The van der Waals surface area contributed by atoms with E-state index in [0.29, 0.717) is 44.9 Å². The van der Waals surface area contributed by atoms with Crippen molar-refractivity contribution in [2.75, 3.05) is 13.2 Å². The van der Waals surface area contributed by atoms with Crippen LogP contribution in [0.4, 0.5) is 0 Å². The highest BCUT2D eigenvalue weighted by molar-refractivity contribution is 5.69. The van der Waals surface area contributed by atoms with Gasteiger partial charge >= 0.3 is 5.97 Å². The van der Waals surface area contributed by atoms with Crippen LogP contribution >= 0.6 is 0 Å². The van der Waals surface area contributed by atoms with Crippen molar-refractivity contribution in [1.29, 1.82) is 0 Å². The summed E-state index contributed by atoms with van der Waals surface area (Å²) < 4.78 is 4.96. The molecule has 1 unspecified atom stereocenters. The van der Waals surface area contributed by atoms with Crippen LogP contribution in [0.1, 0.15) is 56.9 Å². The van der Waals surface area contributed by atoms with E-state index in [1.165, 1.54) is 0 Å². The lowest BCUT2D eigenvalue weighted by atomic mass is 9.85. The number of unbranched alkanes of at least 4 members (excludes halogenated alkanes) is 1. The summed E-state index contributed by atoms with van der Waals surface area (Å²) in [6, 6.07) is 9.93. The van der Waals surface area contributed by atoms with Crippen LogP contribution in [0.15, 0.2) is 42.5 Å². The van der Waals surface area contributed by atoms with Crippen molar-refractivity contribution in [3.05, 3.63) is 68.3 Å². The van der Waals surface area contributed by atoms with Gasteiger partial charge in [-0.05, 0) is 68.8 Å². The summed E-state index contributed by atoms with van der Waals surface area (Å²) in [5.41, 5.74) is 1.16. The zero-order valence-corrected chi connectivity index (χ0v) is 21.8. The minimum Gasteiger partial charge on any atom is -0.458 e. The maximum atomic E-state index is 12.0. The van der Waals surface area contributed by atoms with Crippen LogP contribution < -0.4 is 0 Å². The number of allylic oxidation sites excluding steroid dienone is 2. The average Bonchev–Trinajstić information content (AvgIpc) is 3.17. The molecule has 0 amide bonds. The van der Waals surface area contributed by atoms with Crippen molar-refractivity contribution in [3.63, 3.8) is 0 Å². The van der Waals surface area contributed by atoms with Gasteiger partial charge in [0.2, 0.25) is 0 Å². The molecule has 0 aromatic heterocycles. The van der Waals surface area contributed by atoms with Gasteiger partial charge in [0.1, 0.15) is 19.3 Å². The van der Waals surface area contributed by atoms with Crippen LogP contribution in [0.2, 0.25) is 0 Å². The van der Waals surface area contributed by atoms with Gasteiger partial charge in [-0.1, -0.05) is 42.5 Å². The van der Waals surface area contributed by atoms with E-state index < -0.39 is 53.8 Å². The van der Waals surface area contributed by atoms with Gasteiger partial charge in [0.25, 0.3) is 10.2 Å². The second-order valence-corrected chi connectivity index (χ2v) is 9.70. The molecular weight excluding hydrogens is 516 g/mol. The molecule has 1 fully saturated rings. The van der Waals surface area contributed by atoms with Crippen LogP contribution in [0.25, 0.3) is 0 Å². The molecular formula is C26H38N2O11. The molecule has 0 bridgehead atoms. The molecule has 3 N–H and O–H groups in total. The number of hydrogen-bond donors (Lipinski definition) is 3. The highest BCUT2D eigenvalue weighted by Gasteiger charge is 2.40. The van der Waals surface area contributed by atoms with E-state index in [0.717, 1.165) is 12.0 Å². The fourth-order valence-corrected chi connectivity index (χ4v) is 4.80. The molecule has 1 saturated carbocycles. The minimum absolute atomic E-state index is 0.0218. The molecule has 1 aromatic carbocycles. The maximum Gasteiger partial charge on any atom is 0.306 e. The number of benzene rings is 1. The summed E-state index contributed by atoms with van der Waals surface area (Å²) in [7, 11) is 0. The molecule has 13 nitrogen and oxygen atoms in total. The van der Waals surface area contributed by atoms with Gasteiger partial charge in [0, 0.05) is 6.42 Å². The van der Waals surface area contributed by atoms with Crippen molar-refractivity contribution in [1.82, 2.24) is 0 Å². The summed E-state index contributed by atoms with van der Waals surface area (Å²) >= 11 is 0. The number of rotatable bonds is 19. The molecule has 13 heteroatoms. The fraction of sp³-hybridized carbons (Fsp3) is 0.654. The number of nitrogens with zero attached hydrogens (tertiary/aromatic N) is 2. The lowest BCUT2D eigenvalue weighted by molar-refractivity contribution is -0.768. The average molecular weight is 555 g/mol. The molecule has 1 aliphatic rings. The first kappa shape index (κ1) is 31.9. The van der Waals surface area contributed by atoms with E-state index in [9.17, 15) is 40.3 Å². The number of esters is 1. The Morgan fingerprint density at radius 3 is 2.28 bits per heavy atom. The highest BCUT2D eigenvalue weighted by atomic mass is 17.0. The van der Waals surface area contributed by atoms with Gasteiger partial charge in [-0.2, -0.15) is 0 Å². The Hall–Kier alpha value is -3.29. The number of ether oxygens (including phenoxy) is 1. The molecule has 2 rings (SSSR count). The number of aliphatic hydroxyl groups excluding tert-OH is 3. The van der Waals surface area contributed by atoms with Crippen molar-refractivity contribution in [2.24, 2.45) is 11.8 Å². The van der Waals surface area contributed by atoms with Crippen molar-refractivity contribution in [2.45, 2.75) is 82.2 Å². The lowest BCUT2D eigenvalue weighted by Crippen LogP contribution is -2.30. The fourth-order valence-electron chi connectivity index (χ4n) is 4.80. The predicted octanol–water partition coefficient (Wildman–Crippen LogP) is 2.56. The first-order valence-electron chi connectivity index (χ1n) is 13.1. The minimum atomic E-state index is -1.30. The topological polar surface area (TPSA) is 192 Å². The third-order valence-corrected chi connectivity index (χ3v) is 6.82. The van der Waals surface area contributed by atoms with Gasteiger partial charge < -0.3 is 29.7 Å². The van der Waals surface area contributed by atoms with Gasteiger partial charge in [-0.3, -0.25) is 4.79 Å². The molecule has 0 radical (unpaired) electrons. The Kier molecular flexibility index (Phi) is 14.2. The molecule has 0 heterocycles. The van der Waals surface area contributed by atoms with Crippen LogP contribution in [-0.4, -0.2) is 69.1 Å². The lowest BCUT2D eigenvalue weighted by Gasteiger charge is -2.23. The van der Waals surface area contributed by atoms with Gasteiger partial charge in [0.15, 0.2) is 0 Å². The summed E-state index contributed by atoms with van der Waals surface area (Å²) in [4.78, 5) is 40.8. The number of carbonyl (C=O) groups is 1. The standard InChI is InChI=1S/C26H38N2O11/c29-20(13-12-19-8-4-3-5-9-19)14-15-23-22(24(30)16-25(23)31)10-6-1-2-7-11-26(32)39-21(17-37-27(33)34)18-38-28(35)36/h1,3-6,8-9,20-25,29-31H,2,7,10-18H2/b6-1-/t20?,22-,23-,24+,25-/m0/s1. The van der Waals surface area contributed by atoms with Crippen LogP contribution in [0.3, 0.4) is 0 Å². The zero-order valence-electron chi connectivity index (χ0n) is 21.8. The second-order valence-electron chi connectivity index (χ2n) is 9.70. The maximum absolute atomic E-state index is 12.0. The zero-order chi connectivity index (χ0) is 28.6. The molecule has 39 heavy (non-hydrogen) atoms. The smallest absolute Gasteiger partial charge is 0.306 e. The normalized spacial score (nSPS) is 21.6. The number of aliphatic hydroxyl groups is 3. The molecule has 0 aliphatic heterocycles. The summed E-state index contributed by atoms with van der Waals surface area (Å²) in [6.45, 7) is -1.37. The Balaban J connectivity index is 1.70. The third kappa shape index (κ3) is 12.9. The van der Waals surface area contributed by atoms with E-state index in [1.807, 2.05) is 42.5 Å². The van der Waals surface area contributed by atoms with Gasteiger partial charge in [0.05, 0.1) is 18.3 Å².